The molecule has 1 fully saturated rings. The van der Waals surface area contributed by atoms with Crippen molar-refractivity contribution < 1.29 is 13.2 Å². The number of sulfone groups is 1. The molecule has 1 aliphatic heterocycles. The molecule has 1 aliphatic rings. The van der Waals surface area contributed by atoms with E-state index in [9.17, 15) is 13.2 Å². The topological polar surface area (TPSA) is 123 Å². The Bertz CT molecular complexity index is 1610. The first-order chi connectivity index (χ1) is 18.6. The van der Waals surface area contributed by atoms with Crippen LogP contribution in [0.25, 0.3) is 16.8 Å². The number of hydrogen-bond donors (Lipinski definition) is 2. The van der Waals surface area contributed by atoms with E-state index in [2.05, 4.69) is 26.3 Å². The normalized spacial score (nSPS) is 16.2. The molecule has 0 radical (unpaired) electrons. The second kappa shape index (κ2) is 11.1. The summed E-state index contributed by atoms with van der Waals surface area (Å²) >= 11 is 0. The molecule has 0 aliphatic carbocycles. The maximum absolute atomic E-state index is 13.3. The van der Waals surface area contributed by atoms with Gasteiger partial charge in [0.05, 0.1) is 16.9 Å². The van der Waals surface area contributed by atoms with Gasteiger partial charge in [0.15, 0.2) is 9.84 Å². The summed E-state index contributed by atoms with van der Waals surface area (Å²) in [5.74, 6) is -0.360. The highest BCUT2D eigenvalue weighted by Crippen LogP contribution is 2.25. The Labute approximate surface area is 228 Å². The molecule has 1 amide bonds. The fourth-order valence-corrected chi connectivity index (χ4v) is 5.54. The van der Waals surface area contributed by atoms with E-state index in [1.807, 2.05) is 29.8 Å². The average Bonchev–Trinajstić information content (AvgIpc) is 3.34. The Morgan fingerprint density at radius 2 is 1.92 bits per heavy atom. The minimum absolute atomic E-state index is 0.175. The van der Waals surface area contributed by atoms with Crippen molar-refractivity contribution in [3.63, 3.8) is 0 Å². The molecule has 1 saturated heterocycles. The standard InChI is InChI=1S/C29H32N6O3S/c1-20-16-35(19-32-20)26-12-21(17-34-10-4-6-24(30)18-34)11-25(15-26)33-29(36)28-14-23(8-9-31-28)22-5-3-7-27(13-22)39(2,37)38/h3,5,7-9,11-16,19,24H,4,6,10,17-18,30H2,1-2H3,(H,33,36)/t24-/m0/s1. The van der Waals surface area contributed by atoms with Gasteiger partial charge in [-0.25, -0.2) is 13.4 Å². The van der Waals surface area contributed by atoms with Crippen molar-refractivity contribution in [1.29, 1.82) is 0 Å². The summed E-state index contributed by atoms with van der Waals surface area (Å²) in [4.78, 5) is 24.5. The summed E-state index contributed by atoms with van der Waals surface area (Å²) in [6, 6.07) is 16.2. The predicted octanol–water partition coefficient (Wildman–Crippen LogP) is 3.82. The number of imidazole rings is 1. The van der Waals surface area contributed by atoms with E-state index in [1.165, 1.54) is 6.26 Å². The lowest BCUT2D eigenvalue weighted by atomic mass is 10.0. The lowest BCUT2D eigenvalue weighted by molar-refractivity contribution is 0.102. The molecule has 2 aromatic carbocycles. The average molecular weight is 545 g/mol. The molecule has 9 nitrogen and oxygen atoms in total. The maximum Gasteiger partial charge on any atom is 0.274 e. The van der Waals surface area contributed by atoms with Gasteiger partial charge in [-0.2, -0.15) is 0 Å². The largest absolute Gasteiger partial charge is 0.327 e. The number of amides is 1. The number of piperidine rings is 1. The number of rotatable bonds is 7. The van der Waals surface area contributed by atoms with Crippen LogP contribution in [-0.4, -0.2) is 59.1 Å². The van der Waals surface area contributed by atoms with Gasteiger partial charge < -0.3 is 15.6 Å². The highest BCUT2D eigenvalue weighted by molar-refractivity contribution is 7.90. The number of hydrogen-bond acceptors (Lipinski definition) is 7. The number of carbonyl (C=O) groups excluding carboxylic acids is 1. The van der Waals surface area contributed by atoms with E-state index >= 15 is 0 Å². The van der Waals surface area contributed by atoms with Crippen molar-refractivity contribution in [2.75, 3.05) is 24.7 Å². The Morgan fingerprint density at radius 3 is 2.67 bits per heavy atom. The van der Waals surface area contributed by atoms with Crippen LogP contribution in [0.15, 0.2) is 78.2 Å². The lowest BCUT2D eigenvalue weighted by Crippen LogP contribution is -2.42. The number of likely N-dealkylation sites (tertiary alicyclic amines) is 1. The zero-order valence-corrected chi connectivity index (χ0v) is 22.9. The van der Waals surface area contributed by atoms with Crippen LogP contribution in [0.5, 0.6) is 0 Å². The van der Waals surface area contributed by atoms with Crippen LogP contribution in [0.3, 0.4) is 0 Å². The Morgan fingerprint density at radius 1 is 1.10 bits per heavy atom. The number of aromatic nitrogens is 3. The molecule has 5 rings (SSSR count). The van der Waals surface area contributed by atoms with Gasteiger partial charge in [0.2, 0.25) is 0 Å². The van der Waals surface area contributed by atoms with Crippen LogP contribution in [0, 0.1) is 6.92 Å². The van der Waals surface area contributed by atoms with Crippen LogP contribution in [0.1, 0.15) is 34.6 Å². The van der Waals surface area contributed by atoms with E-state index in [0.29, 0.717) is 16.8 Å². The third-order valence-electron chi connectivity index (χ3n) is 6.78. The molecule has 2 aromatic heterocycles. The molecule has 202 valence electrons. The molecular weight excluding hydrogens is 512 g/mol. The highest BCUT2D eigenvalue weighted by Gasteiger charge is 2.18. The number of nitrogens with two attached hydrogens (primary N) is 1. The molecule has 4 aromatic rings. The second-order valence-electron chi connectivity index (χ2n) is 10.1. The van der Waals surface area contributed by atoms with Gasteiger partial charge in [-0.1, -0.05) is 12.1 Å². The van der Waals surface area contributed by atoms with Crippen LogP contribution in [0.4, 0.5) is 5.69 Å². The van der Waals surface area contributed by atoms with Gasteiger partial charge in [0, 0.05) is 49.2 Å². The smallest absolute Gasteiger partial charge is 0.274 e. The Kier molecular flexibility index (Phi) is 7.60. The summed E-state index contributed by atoms with van der Waals surface area (Å²) in [6.45, 7) is 4.49. The highest BCUT2D eigenvalue weighted by atomic mass is 32.2. The predicted molar refractivity (Wildman–Crippen MR) is 152 cm³/mol. The number of nitrogens with zero attached hydrogens (tertiary/aromatic N) is 4. The number of pyridine rings is 1. The number of nitrogens with one attached hydrogen (secondary N) is 1. The summed E-state index contributed by atoms with van der Waals surface area (Å²) in [5.41, 5.74) is 11.3. The van der Waals surface area contributed by atoms with E-state index in [4.69, 9.17) is 5.73 Å². The fraction of sp³-hybridized carbons (Fsp3) is 0.276. The SMILES string of the molecule is Cc1cn(-c2cc(CN3CCC[C@H](N)C3)cc(NC(=O)c3cc(-c4cccc(S(C)(=O)=O)c4)ccn3)c2)cn1. The molecular formula is C29H32N6O3S. The Balaban J connectivity index is 1.42. The van der Waals surface area contributed by atoms with Gasteiger partial charge >= 0.3 is 0 Å². The summed E-state index contributed by atoms with van der Waals surface area (Å²) < 4.78 is 25.9. The van der Waals surface area contributed by atoms with Crippen LogP contribution in [0.2, 0.25) is 0 Å². The Hall–Kier alpha value is -3.86. The zero-order chi connectivity index (χ0) is 27.6. The van der Waals surface area contributed by atoms with Gasteiger partial charge in [0.1, 0.15) is 5.69 Å². The first kappa shape index (κ1) is 26.7. The monoisotopic (exact) mass is 544 g/mol. The van der Waals surface area contributed by atoms with E-state index in [0.717, 1.165) is 49.4 Å². The number of carbonyl (C=O) groups is 1. The van der Waals surface area contributed by atoms with Crippen LogP contribution in [-0.2, 0) is 16.4 Å². The van der Waals surface area contributed by atoms with E-state index in [1.54, 1.807) is 48.9 Å². The third-order valence-corrected chi connectivity index (χ3v) is 7.89. The molecule has 3 N–H and O–H groups in total. The lowest BCUT2D eigenvalue weighted by Gasteiger charge is -2.30. The van der Waals surface area contributed by atoms with Crippen molar-refractivity contribution in [1.82, 2.24) is 19.4 Å². The number of anilines is 1. The van der Waals surface area contributed by atoms with Gasteiger partial charge in [-0.3, -0.25) is 14.7 Å². The van der Waals surface area contributed by atoms with Crippen molar-refractivity contribution in [3.8, 4) is 16.8 Å². The zero-order valence-electron chi connectivity index (χ0n) is 22.0. The van der Waals surface area contributed by atoms with Gasteiger partial charge in [0.25, 0.3) is 5.91 Å². The molecule has 0 unspecified atom stereocenters. The van der Waals surface area contributed by atoms with Crippen molar-refractivity contribution >= 4 is 21.4 Å². The quantitative estimate of drug-likeness (QED) is 0.363. The minimum Gasteiger partial charge on any atom is -0.327 e. The van der Waals surface area contributed by atoms with E-state index in [-0.39, 0.29) is 22.5 Å². The number of aryl methyl sites for hydroxylation is 1. The first-order valence-electron chi connectivity index (χ1n) is 12.8. The van der Waals surface area contributed by atoms with Crippen LogP contribution < -0.4 is 11.1 Å². The molecule has 0 spiro atoms. The molecule has 0 bridgehead atoms. The van der Waals surface area contributed by atoms with Crippen LogP contribution >= 0.6 is 0 Å². The minimum atomic E-state index is -3.36. The molecule has 10 heteroatoms. The molecule has 3 heterocycles. The molecule has 1 atom stereocenters. The fourth-order valence-electron chi connectivity index (χ4n) is 4.88. The second-order valence-corrected chi connectivity index (χ2v) is 12.1. The first-order valence-corrected chi connectivity index (χ1v) is 14.7. The van der Waals surface area contributed by atoms with Crippen molar-refractivity contribution in [2.45, 2.75) is 37.2 Å². The molecule has 0 saturated carbocycles. The maximum atomic E-state index is 13.3. The van der Waals surface area contributed by atoms with Crippen molar-refractivity contribution in [3.05, 3.63) is 90.3 Å². The summed E-state index contributed by atoms with van der Waals surface area (Å²) in [6.07, 6.45) is 8.53. The summed E-state index contributed by atoms with van der Waals surface area (Å²) in [7, 11) is -3.36. The number of benzene rings is 2. The van der Waals surface area contributed by atoms with E-state index < -0.39 is 9.84 Å². The van der Waals surface area contributed by atoms with Gasteiger partial charge in [-0.15, -0.1) is 0 Å². The third kappa shape index (κ3) is 6.59. The van der Waals surface area contributed by atoms with Crippen molar-refractivity contribution in [2.24, 2.45) is 5.73 Å². The van der Waals surface area contributed by atoms with Gasteiger partial charge in [-0.05, 0) is 85.5 Å². The molecule has 39 heavy (non-hydrogen) atoms. The summed E-state index contributed by atoms with van der Waals surface area (Å²) in [5, 5.41) is 3.00.